The summed E-state index contributed by atoms with van der Waals surface area (Å²) in [6, 6.07) is 32.8. The van der Waals surface area contributed by atoms with Crippen LogP contribution in [0.15, 0.2) is 127 Å². The Labute approximate surface area is 347 Å². The van der Waals surface area contributed by atoms with Gasteiger partial charge in [-0.1, -0.05) is 105 Å². The Morgan fingerprint density at radius 3 is 2.15 bits per heavy atom. The molecule has 306 valence electrons. The van der Waals surface area contributed by atoms with Gasteiger partial charge in [0.25, 0.3) is 0 Å². The summed E-state index contributed by atoms with van der Waals surface area (Å²) in [5.41, 5.74) is 1.96. The van der Waals surface area contributed by atoms with E-state index in [0.29, 0.717) is 42.0 Å². The predicted octanol–water partition coefficient (Wildman–Crippen LogP) is 9.88. The van der Waals surface area contributed by atoms with Gasteiger partial charge < -0.3 is 29.9 Å². The van der Waals surface area contributed by atoms with E-state index in [1.54, 1.807) is 19.1 Å². The number of urea groups is 1. The molecule has 3 saturated carbocycles. The molecule has 6 aliphatic rings. The van der Waals surface area contributed by atoms with E-state index in [4.69, 9.17) is 9.47 Å². The van der Waals surface area contributed by atoms with Gasteiger partial charge in [0.15, 0.2) is 5.78 Å². The van der Waals surface area contributed by atoms with Crippen molar-refractivity contribution >= 4 is 17.5 Å². The van der Waals surface area contributed by atoms with Crippen molar-refractivity contribution in [1.82, 2.24) is 4.90 Å². The van der Waals surface area contributed by atoms with Crippen LogP contribution in [-0.4, -0.2) is 59.4 Å². The maximum absolute atomic E-state index is 15.2. The number of anilines is 1. The second-order valence-corrected chi connectivity index (χ2v) is 18.4. The van der Waals surface area contributed by atoms with E-state index in [9.17, 15) is 15.0 Å². The quantitative estimate of drug-likeness (QED) is 0.109. The van der Waals surface area contributed by atoms with Crippen LogP contribution in [0.4, 0.5) is 10.5 Å². The molecule has 0 radical (unpaired) electrons. The molecule has 0 saturated heterocycles. The number of hydrogen-bond acceptors (Lipinski definition) is 6. The van der Waals surface area contributed by atoms with Gasteiger partial charge in [0.2, 0.25) is 0 Å². The van der Waals surface area contributed by atoms with Crippen molar-refractivity contribution in [3.8, 4) is 22.6 Å². The molecule has 2 amide bonds. The van der Waals surface area contributed by atoms with Gasteiger partial charge >= 0.3 is 6.03 Å². The average Bonchev–Trinajstić information content (AvgIpc) is 3.53. The fourth-order valence-electron chi connectivity index (χ4n) is 12.6. The Morgan fingerprint density at radius 1 is 0.780 bits per heavy atom. The van der Waals surface area contributed by atoms with Gasteiger partial charge in [-0.15, -0.1) is 0 Å². The van der Waals surface area contributed by atoms with E-state index in [1.165, 1.54) is 0 Å². The van der Waals surface area contributed by atoms with Gasteiger partial charge in [0.05, 0.1) is 39.0 Å². The zero-order valence-corrected chi connectivity index (χ0v) is 34.6. The van der Waals surface area contributed by atoms with Gasteiger partial charge in [0.1, 0.15) is 11.5 Å². The first-order valence-electron chi connectivity index (χ1n) is 21.2. The van der Waals surface area contributed by atoms with E-state index in [-0.39, 0.29) is 42.2 Å². The van der Waals surface area contributed by atoms with Crippen molar-refractivity contribution in [2.75, 3.05) is 26.1 Å². The first kappa shape index (κ1) is 39.3. The van der Waals surface area contributed by atoms with Crippen LogP contribution in [0, 0.1) is 33.5 Å². The number of fused-ring (bicyclic) bond motifs is 1. The first-order chi connectivity index (χ1) is 28.4. The van der Waals surface area contributed by atoms with E-state index >= 15 is 4.79 Å². The molecule has 8 heteroatoms. The normalized spacial score (nSPS) is 32.6. The lowest BCUT2D eigenvalue weighted by molar-refractivity contribution is -0.174. The van der Waals surface area contributed by atoms with E-state index < -0.39 is 27.9 Å². The zero-order valence-electron chi connectivity index (χ0n) is 34.6. The molecule has 0 heterocycles. The molecule has 8 atom stereocenters. The number of ketones is 1. The second-order valence-electron chi connectivity index (χ2n) is 18.4. The summed E-state index contributed by atoms with van der Waals surface area (Å²) < 4.78 is 11.2. The zero-order chi connectivity index (χ0) is 41.2. The van der Waals surface area contributed by atoms with Gasteiger partial charge in [-0.05, 0) is 97.6 Å². The molecule has 0 aromatic heterocycles. The largest absolute Gasteiger partial charge is 0.497 e. The molecule has 4 aromatic carbocycles. The van der Waals surface area contributed by atoms with Crippen molar-refractivity contribution in [2.24, 2.45) is 33.5 Å². The molecule has 59 heavy (non-hydrogen) atoms. The summed E-state index contributed by atoms with van der Waals surface area (Å²) in [4.78, 5) is 31.3. The Bertz CT molecular complexity index is 2310. The average molecular weight is 793 g/mol. The van der Waals surface area contributed by atoms with Crippen molar-refractivity contribution in [2.45, 2.75) is 77.0 Å². The lowest BCUT2D eigenvalue weighted by Crippen LogP contribution is -2.67. The molecule has 0 aliphatic heterocycles. The molecule has 8 unspecified atom stereocenters. The molecular formula is C51H56N2O6. The number of carbonyl (C=O) groups excluding carboxylic acids is 2. The fraction of sp³-hybridized carbons (Fsp3) is 0.412. The van der Waals surface area contributed by atoms with Crippen molar-refractivity contribution in [3.05, 3.63) is 138 Å². The van der Waals surface area contributed by atoms with E-state index in [0.717, 1.165) is 47.9 Å². The van der Waals surface area contributed by atoms with Crippen molar-refractivity contribution < 1.29 is 29.3 Å². The van der Waals surface area contributed by atoms with Crippen LogP contribution in [0.2, 0.25) is 0 Å². The molecule has 4 aromatic rings. The number of ether oxygens (including phenoxy) is 2. The van der Waals surface area contributed by atoms with Gasteiger partial charge in [0, 0.05) is 44.7 Å². The lowest BCUT2D eigenvalue weighted by atomic mass is 9.32. The number of rotatable bonds is 10. The molecule has 6 aliphatic carbocycles. The van der Waals surface area contributed by atoms with Crippen LogP contribution < -0.4 is 14.8 Å². The summed E-state index contributed by atoms with van der Waals surface area (Å²) in [6.45, 7) is 4.91. The topological polar surface area (TPSA) is 108 Å². The summed E-state index contributed by atoms with van der Waals surface area (Å²) in [5.74, 6) is 1.36. The third kappa shape index (κ3) is 6.08. The molecular weight excluding hydrogens is 737 g/mol. The number of carbonyl (C=O) groups is 2. The van der Waals surface area contributed by atoms with Crippen LogP contribution in [0.3, 0.4) is 0 Å². The molecule has 3 N–H and O–H groups in total. The van der Waals surface area contributed by atoms with Crippen LogP contribution in [-0.2, 0) is 6.54 Å². The number of nitrogens with zero attached hydrogens (tertiary/aromatic N) is 1. The third-order valence-electron chi connectivity index (χ3n) is 15.8. The summed E-state index contributed by atoms with van der Waals surface area (Å²) >= 11 is 0. The number of benzene rings is 4. The maximum Gasteiger partial charge on any atom is 0.322 e. The van der Waals surface area contributed by atoms with Crippen LogP contribution >= 0.6 is 0 Å². The van der Waals surface area contributed by atoms with Crippen molar-refractivity contribution in [3.63, 3.8) is 0 Å². The summed E-state index contributed by atoms with van der Waals surface area (Å²) in [5, 5.41) is 27.6. The standard InChI is InChI=1S/C51H56N2O6/c1-47-24-21-39(54)30-49(47)27-28-51(41(31-49)45(55)36-17-15-35(16-18-36)34-11-7-5-8-12-34)43(47)22-25-48(2)44(51)23-26-50(48,57)33-53(46(56)52-38-13-9-6-10-14-38)32-37-19-20-40(58-3)29-42(37)59-4/h5-20,27-29,31,39,43-44,54,57H,21-26,30,32-33H2,1-4H3,(H,52,56). The Kier molecular flexibility index (Phi) is 9.67. The first-order valence-corrected chi connectivity index (χ1v) is 21.2. The molecule has 2 spiro atoms. The number of methoxy groups -OCH3 is 2. The fourth-order valence-corrected chi connectivity index (χ4v) is 12.6. The van der Waals surface area contributed by atoms with Crippen LogP contribution in [0.5, 0.6) is 11.5 Å². The third-order valence-corrected chi connectivity index (χ3v) is 15.8. The molecule has 2 bridgehead atoms. The highest BCUT2D eigenvalue weighted by molar-refractivity contribution is 6.10. The number of para-hydroxylation sites is 1. The van der Waals surface area contributed by atoms with Gasteiger partial charge in [-0.3, -0.25) is 4.79 Å². The van der Waals surface area contributed by atoms with Gasteiger partial charge in [-0.25, -0.2) is 4.79 Å². The monoisotopic (exact) mass is 792 g/mol. The molecule has 10 rings (SSSR count). The lowest BCUT2D eigenvalue weighted by Gasteiger charge is -2.71. The number of amides is 2. The predicted molar refractivity (Wildman–Crippen MR) is 230 cm³/mol. The van der Waals surface area contributed by atoms with Crippen molar-refractivity contribution in [1.29, 1.82) is 0 Å². The number of Topliss-reactive ketones (excluding diaryl/α,β-unsaturated/α-hetero) is 1. The minimum absolute atomic E-state index is 0.0237. The summed E-state index contributed by atoms with van der Waals surface area (Å²) in [6.07, 6.45) is 11.5. The molecule has 3 fully saturated rings. The highest BCUT2D eigenvalue weighted by Gasteiger charge is 2.74. The van der Waals surface area contributed by atoms with Crippen LogP contribution in [0.1, 0.15) is 74.7 Å². The van der Waals surface area contributed by atoms with E-state index in [1.807, 2.05) is 91.0 Å². The Hall–Kier alpha value is -5.18. The maximum atomic E-state index is 15.2. The SMILES string of the molecule is COc1ccc(CN(CC2(O)CCC3C45C=CC6(C=C4C(=O)c4ccc(-c7ccccc7)cc4)CC(O)CCC6(C)C5CCC32C)C(=O)Nc2ccccc2)c(OC)c1. The minimum atomic E-state index is -1.26. The summed E-state index contributed by atoms with van der Waals surface area (Å²) in [7, 11) is 3.21. The smallest absolute Gasteiger partial charge is 0.322 e. The number of aliphatic hydroxyl groups is 2. The Balaban J connectivity index is 1.10. The minimum Gasteiger partial charge on any atom is -0.497 e. The number of nitrogens with one attached hydrogen (secondary N) is 1. The van der Waals surface area contributed by atoms with Gasteiger partial charge in [-0.2, -0.15) is 0 Å². The molecule has 8 nitrogen and oxygen atoms in total. The Morgan fingerprint density at radius 2 is 1.44 bits per heavy atom. The highest BCUT2D eigenvalue weighted by atomic mass is 16.5. The number of hydrogen-bond donors (Lipinski definition) is 3. The highest BCUT2D eigenvalue weighted by Crippen LogP contribution is 2.78. The number of aliphatic hydroxyl groups excluding tert-OH is 1. The van der Waals surface area contributed by atoms with Crippen LogP contribution in [0.25, 0.3) is 11.1 Å². The second kappa shape index (κ2) is 14.5. The number of allylic oxidation sites excluding steroid dienone is 4. The van der Waals surface area contributed by atoms with E-state index in [2.05, 4.69) is 49.5 Å².